The molecule has 0 bridgehead atoms. The van der Waals surface area contributed by atoms with Crippen molar-refractivity contribution in [3.63, 3.8) is 0 Å². The van der Waals surface area contributed by atoms with Gasteiger partial charge in [-0.2, -0.15) is 5.10 Å². The van der Waals surface area contributed by atoms with E-state index in [4.69, 9.17) is 0 Å². The van der Waals surface area contributed by atoms with Crippen LogP contribution in [0.2, 0.25) is 0 Å². The summed E-state index contributed by atoms with van der Waals surface area (Å²) in [5.41, 5.74) is 1.08. The van der Waals surface area contributed by atoms with E-state index >= 15 is 0 Å². The summed E-state index contributed by atoms with van der Waals surface area (Å²) in [6, 6.07) is 1.84. The maximum atomic E-state index is 12.2. The smallest absolute Gasteiger partial charge is 0.241 e. The predicted octanol–water partition coefficient (Wildman–Crippen LogP) is 1.73. The summed E-state index contributed by atoms with van der Waals surface area (Å²) in [5.74, 6) is 0. The molecule has 0 amide bonds. The van der Waals surface area contributed by atoms with Gasteiger partial charge in [-0.1, -0.05) is 0 Å². The van der Waals surface area contributed by atoms with E-state index in [1.54, 1.807) is 16.9 Å². The summed E-state index contributed by atoms with van der Waals surface area (Å²) in [6.07, 6.45) is 3.75. The number of aryl methyl sites for hydroxylation is 3. The third-order valence-corrected chi connectivity index (χ3v) is 6.06. The van der Waals surface area contributed by atoms with Crippen molar-refractivity contribution in [2.24, 2.45) is 7.05 Å². The topological polar surface area (TPSA) is 76.0 Å². The highest BCUT2D eigenvalue weighted by molar-refractivity contribution is 7.89. The molecule has 0 aliphatic carbocycles. The molecular formula is C14H22N4O2S2. The average Bonchev–Trinajstić information content (AvgIpc) is 3.00. The second-order valence-electron chi connectivity index (χ2n) is 5.30. The number of rotatable bonds is 7. The summed E-state index contributed by atoms with van der Waals surface area (Å²) >= 11 is 1.50. The molecule has 6 nitrogen and oxygen atoms in total. The lowest BCUT2D eigenvalue weighted by molar-refractivity contribution is 0.553. The van der Waals surface area contributed by atoms with E-state index in [9.17, 15) is 8.42 Å². The van der Waals surface area contributed by atoms with E-state index in [0.29, 0.717) is 18.0 Å². The van der Waals surface area contributed by atoms with Crippen molar-refractivity contribution < 1.29 is 8.42 Å². The molecule has 0 saturated carbocycles. The van der Waals surface area contributed by atoms with E-state index in [1.807, 2.05) is 34.0 Å². The molecule has 0 aliphatic heterocycles. The number of hydrogen-bond acceptors (Lipinski definition) is 5. The minimum absolute atomic E-state index is 0.128. The zero-order valence-corrected chi connectivity index (χ0v) is 14.9. The van der Waals surface area contributed by atoms with E-state index in [1.165, 1.54) is 11.3 Å². The van der Waals surface area contributed by atoms with Gasteiger partial charge in [-0.3, -0.25) is 4.68 Å². The molecule has 0 radical (unpaired) electrons. The van der Waals surface area contributed by atoms with Crippen LogP contribution >= 0.6 is 11.3 Å². The van der Waals surface area contributed by atoms with Crippen LogP contribution in [0.25, 0.3) is 0 Å². The zero-order valence-electron chi connectivity index (χ0n) is 13.3. The van der Waals surface area contributed by atoms with E-state index in [0.717, 1.165) is 15.3 Å². The first-order chi connectivity index (χ1) is 10.3. The minimum atomic E-state index is -3.42. The Bertz CT molecular complexity index is 734. The molecule has 0 fully saturated rings. The largest absolute Gasteiger partial charge is 0.309 e. The number of sulfonamides is 1. The molecular weight excluding hydrogens is 320 g/mol. The molecule has 0 spiro atoms. The second kappa shape index (κ2) is 6.91. The summed E-state index contributed by atoms with van der Waals surface area (Å²) in [5, 5.41) is 7.40. The lowest BCUT2D eigenvalue weighted by atomic mass is 10.2. The lowest BCUT2D eigenvalue weighted by Gasteiger charge is -2.12. The number of nitrogens with one attached hydrogen (secondary N) is 2. The van der Waals surface area contributed by atoms with Gasteiger partial charge >= 0.3 is 0 Å². The van der Waals surface area contributed by atoms with Crippen LogP contribution in [0.3, 0.4) is 0 Å². The first-order valence-electron chi connectivity index (χ1n) is 7.08. The molecule has 8 heteroatoms. The molecule has 22 heavy (non-hydrogen) atoms. The van der Waals surface area contributed by atoms with Crippen molar-refractivity contribution in [3.8, 4) is 0 Å². The first kappa shape index (κ1) is 17.1. The van der Waals surface area contributed by atoms with Crippen LogP contribution in [0, 0.1) is 13.8 Å². The summed E-state index contributed by atoms with van der Waals surface area (Å²) in [6.45, 7) is 6.67. The fraction of sp³-hybridized carbons (Fsp3) is 0.500. The maximum absolute atomic E-state index is 12.2. The van der Waals surface area contributed by atoms with Gasteiger partial charge < -0.3 is 5.32 Å². The molecule has 2 aromatic rings. The molecule has 0 aliphatic rings. The highest BCUT2D eigenvalue weighted by Gasteiger charge is 2.18. The summed E-state index contributed by atoms with van der Waals surface area (Å²) < 4.78 is 28.9. The van der Waals surface area contributed by atoms with Gasteiger partial charge in [0.1, 0.15) is 0 Å². The fourth-order valence-corrected chi connectivity index (χ4v) is 4.79. The Balaban J connectivity index is 1.84. The maximum Gasteiger partial charge on any atom is 0.241 e. The quantitative estimate of drug-likeness (QED) is 0.751. The summed E-state index contributed by atoms with van der Waals surface area (Å²) in [7, 11) is -1.55. The Morgan fingerprint density at radius 1 is 1.36 bits per heavy atom. The normalized spacial score (nSPS) is 13.5. The van der Waals surface area contributed by atoms with Gasteiger partial charge in [0.15, 0.2) is 0 Å². The van der Waals surface area contributed by atoms with Gasteiger partial charge in [-0.05, 0) is 26.8 Å². The minimum Gasteiger partial charge on any atom is -0.309 e. The molecule has 1 unspecified atom stereocenters. The number of aromatic nitrogens is 2. The van der Waals surface area contributed by atoms with E-state index in [-0.39, 0.29) is 6.04 Å². The van der Waals surface area contributed by atoms with Gasteiger partial charge in [-0.15, -0.1) is 11.3 Å². The fourth-order valence-electron chi connectivity index (χ4n) is 2.21. The Labute approximate surface area is 135 Å². The molecule has 2 N–H and O–H groups in total. The average molecular weight is 342 g/mol. The second-order valence-corrected chi connectivity index (χ2v) is 8.49. The highest BCUT2D eigenvalue weighted by atomic mass is 32.2. The molecule has 0 saturated heterocycles. The molecule has 1 atom stereocenters. The number of nitrogens with zero attached hydrogens (tertiary/aromatic N) is 2. The van der Waals surface area contributed by atoms with Crippen molar-refractivity contribution in [2.45, 2.75) is 31.7 Å². The number of hydrogen-bond donors (Lipinski definition) is 2. The van der Waals surface area contributed by atoms with Crippen molar-refractivity contribution in [3.05, 3.63) is 33.8 Å². The van der Waals surface area contributed by atoms with Crippen LogP contribution in [0.15, 0.2) is 23.4 Å². The van der Waals surface area contributed by atoms with E-state index in [2.05, 4.69) is 15.1 Å². The van der Waals surface area contributed by atoms with Crippen molar-refractivity contribution >= 4 is 21.4 Å². The van der Waals surface area contributed by atoms with Crippen LogP contribution in [0.5, 0.6) is 0 Å². The lowest BCUT2D eigenvalue weighted by Crippen LogP contribution is -2.33. The van der Waals surface area contributed by atoms with Crippen molar-refractivity contribution in [1.29, 1.82) is 0 Å². The molecule has 2 heterocycles. The SMILES string of the molecule is Cc1cc(S(=O)(=O)NCCNC(C)c2cnn(C)c2)c(C)s1. The van der Waals surface area contributed by atoms with Gasteiger partial charge in [-0.25, -0.2) is 13.1 Å². The van der Waals surface area contributed by atoms with Gasteiger partial charge in [0, 0.05) is 47.7 Å². The monoisotopic (exact) mass is 342 g/mol. The van der Waals surface area contributed by atoms with Gasteiger partial charge in [0.05, 0.1) is 11.1 Å². The molecule has 122 valence electrons. The molecule has 2 aromatic heterocycles. The third kappa shape index (κ3) is 4.16. The van der Waals surface area contributed by atoms with Crippen LogP contribution < -0.4 is 10.0 Å². The Morgan fingerprint density at radius 3 is 2.64 bits per heavy atom. The number of thiophene rings is 1. The van der Waals surface area contributed by atoms with Gasteiger partial charge in [0.25, 0.3) is 0 Å². The van der Waals surface area contributed by atoms with Crippen LogP contribution in [0.1, 0.15) is 28.3 Å². The predicted molar refractivity (Wildman–Crippen MR) is 88.6 cm³/mol. The first-order valence-corrected chi connectivity index (χ1v) is 9.38. The standard InChI is InChI=1S/C14H22N4O2S2/c1-10-7-14(12(3)21-10)22(19,20)17-6-5-15-11(2)13-8-16-18(4)9-13/h7-9,11,15,17H,5-6H2,1-4H3. The van der Waals surface area contributed by atoms with Crippen LogP contribution in [-0.4, -0.2) is 31.3 Å². The van der Waals surface area contributed by atoms with Gasteiger partial charge in [0.2, 0.25) is 10.0 Å². The van der Waals surface area contributed by atoms with Crippen LogP contribution in [-0.2, 0) is 17.1 Å². The van der Waals surface area contributed by atoms with Crippen molar-refractivity contribution in [1.82, 2.24) is 19.8 Å². The third-order valence-electron chi connectivity index (χ3n) is 3.38. The van der Waals surface area contributed by atoms with Crippen molar-refractivity contribution in [2.75, 3.05) is 13.1 Å². The zero-order chi connectivity index (χ0) is 16.3. The summed E-state index contributed by atoms with van der Waals surface area (Å²) in [4.78, 5) is 2.21. The Hall–Kier alpha value is -1.22. The highest BCUT2D eigenvalue weighted by Crippen LogP contribution is 2.24. The van der Waals surface area contributed by atoms with E-state index < -0.39 is 10.0 Å². The Morgan fingerprint density at radius 2 is 2.09 bits per heavy atom. The molecule has 2 rings (SSSR count). The molecule has 0 aromatic carbocycles. The van der Waals surface area contributed by atoms with Crippen LogP contribution in [0.4, 0.5) is 0 Å². The Kier molecular flexibility index (Phi) is 5.38.